The van der Waals surface area contributed by atoms with Gasteiger partial charge >= 0.3 is 0 Å². The largest absolute Gasteiger partial charge is 0.307 e. The zero-order valence-corrected chi connectivity index (χ0v) is 17.7. The molecule has 0 saturated carbocycles. The molecular formula is C24H33NOS. The Kier molecular flexibility index (Phi) is 7.63. The van der Waals surface area contributed by atoms with Gasteiger partial charge in [0.25, 0.3) is 0 Å². The first-order valence-corrected chi connectivity index (χ1v) is 11.5. The minimum absolute atomic E-state index is 0.0361. The van der Waals surface area contributed by atoms with Crippen LogP contribution < -0.4 is 4.90 Å². The van der Waals surface area contributed by atoms with Gasteiger partial charge in [0.2, 0.25) is 0 Å². The summed E-state index contributed by atoms with van der Waals surface area (Å²) in [5.74, 6) is 0.248. The third kappa shape index (κ3) is 5.51. The number of carbonyl (C=O) groups is 1. The average Bonchev–Trinajstić information content (AvgIpc) is 3.00. The number of fused-ring (bicyclic) bond motifs is 1. The summed E-state index contributed by atoms with van der Waals surface area (Å²) in [4.78, 5) is 16.1. The van der Waals surface area contributed by atoms with Crippen molar-refractivity contribution in [2.24, 2.45) is 5.92 Å². The third-order valence-corrected chi connectivity index (χ3v) is 6.50. The molecule has 146 valence electrons. The number of para-hydroxylation sites is 1. The van der Waals surface area contributed by atoms with Gasteiger partial charge in [-0.1, -0.05) is 82.3 Å². The van der Waals surface area contributed by atoms with Gasteiger partial charge in [-0.3, -0.25) is 4.79 Å². The average molecular weight is 384 g/mol. The lowest BCUT2D eigenvalue weighted by molar-refractivity contribution is -0.117. The molecule has 3 rings (SSSR count). The first-order chi connectivity index (χ1) is 13.2. The molecular weight excluding hydrogens is 350 g/mol. The molecule has 0 N–H and O–H groups in total. The van der Waals surface area contributed by atoms with E-state index in [1.165, 1.54) is 67.6 Å². The highest BCUT2D eigenvalue weighted by Gasteiger charge is 2.28. The van der Waals surface area contributed by atoms with Crippen molar-refractivity contribution in [1.29, 1.82) is 0 Å². The molecule has 1 aromatic rings. The number of thioether (sulfide) groups is 1. The van der Waals surface area contributed by atoms with Gasteiger partial charge in [0.05, 0.1) is 10.7 Å². The van der Waals surface area contributed by atoms with Crippen LogP contribution in [0.5, 0.6) is 0 Å². The third-order valence-electron chi connectivity index (χ3n) is 5.43. The smallest absolute Gasteiger partial charge is 0.160 e. The first kappa shape index (κ1) is 20.3. The predicted octanol–water partition coefficient (Wildman–Crippen LogP) is 7.46. The van der Waals surface area contributed by atoms with E-state index in [1.54, 1.807) is 11.8 Å². The van der Waals surface area contributed by atoms with Crippen molar-refractivity contribution in [2.45, 2.75) is 83.0 Å². The molecule has 0 saturated heterocycles. The summed E-state index contributed by atoms with van der Waals surface area (Å²) >= 11 is 1.74. The fraction of sp³-hybridized carbons (Fsp3) is 0.542. The molecule has 2 aliphatic rings. The van der Waals surface area contributed by atoms with E-state index < -0.39 is 0 Å². The van der Waals surface area contributed by atoms with Crippen molar-refractivity contribution in [2.75, 3.05) is 4.90 Å². The van der Waals surface area contributed by atoms with Crippen LogP contribution in [0.1, 0.15) is 78.1 Å². The number of hydrogen-bond acceptors (Lipinski definition) is 3. The van der Waals surface area contributed by atoms with Gasteiger partial charge in [0.1, 0.15) is 0 Å². The molecule has 27 heavy (non-hydrogen) atoms. The Hall–Kier alpha value is -1.48. The summed E-state index contributed by atoms with van der Waals surface area (Å²) in [5, 5.41) is 1.08. The Morgan fingerprint density at radius 2 is 1.67 bits per heavy atom. The van der Waals surface area contributed by atoms with Crippen LogP contribution in [0.25, 0.3) is 0 Å². The Morgan fingerprint density at radius 1 is 1.00 bits per heavy atom. The van der Waals surface area contributed by atoms with E-state index in [0.29, 0.717) is 0 Å². The monoisotopic (exact) mass is 383 g/mol. The van der Waals surface area contributed by atoms with E-state index in [9.17, 15) is 4.79 Å². The molecule has 1 aromatic carbocycles. The van der Waals surface area contributed by atoms with E-state index >= 15 is 0 Å². The minimum atomic E-state index is 0.0361. The van der Waals surface area contributed by atoms with Gasteiger partial charge in [-0.25, -0.2) is 0 Å². The molecule has 1 aliphatic heterocycles. The number of carbonyl (C=O) groups excluding carboxylic acids is 1. The SMILES string of the molecule is CC(C)C(=O)/C=C1\Sc2ccccc2N1/C1=C/CCCCCCCCCC1. The standard InChI is InChI=1S/C24H33NOS/c1-19(2)22(26)18-24-25(21-16-12-13-17-23(21)27-24)20-14-10-8-6-4-3-5-7-9-11-15-20/h12-14,16-19H,3-11,15H2,1-2H3/b20-14+,24-18-. The highest BCUT2D eigenvalue weighted by molar-refractivity contribution is 8.03. The molecule has 0 fully saturated rings. The highest BCUT2D eigenvalue weighted by atomic mass is 32.2. The van der Waals surface area contributed by atoms with Crippen LogP contribution in [0.15, 0.2) is 52.0 Å². The van der Waals surface area contributed by atoms with E-state index in [2.05, 4.69) is 35.2 Å². The zero-order valence-electron chi connectivity index (χ0n) is 16.9. The van der Waals surface area contributed by atoms with E-state index in [-0.39, 0.29) is 11.7 Å². The van der Waals surface area contributed by atoms with Crippen LogP contribution in [-0.2, 0) is 4.79 Å². The molecule has 0 radical (unpaired) electrons. The highest BCUT2D eigenvalue weighted by Crippen LogP contribution is 2.48. The van der Waals surface area contributed by atoms with Crippen molar-refractivity contribution in [1.82, 2.24) is 0 Å². The molecule has 0 atom stereocenters. The second-order valence-corrected chi connectivity index (χ2v) is 9.07. The molecule has 1 heterocycles. The molecule has 0 spiro atoms. The van der Waals surface area contributed by atoms with Crippen LogP contribution in [-0.4, -0.2) is 5.78 Å². The summed E-state index contributed by atoms with van der Waals surface area (Å²) in [6, 6.07) is 8.56. The molecule has 0 aromatic heterocycles. The lowest BCUT2D eigenvalue weighted by Gasteiger charge is -2.25. The van der Waals surface area contributed by atoms with Gasteiger partial charge in [0, 0.05) is 22.6 Å². The Labute approximate surface area is 169 Å². The van der Waals surface area contributed by atoms with E-state index in [1.807, 2.05) is 19.9 Å². The summed E-state index contributed by atoms with van der Waals surface area (Å²) in [5.41, 5.74) is 2.62. The minimum Gasteiger partial charge on any atom is -0.307 e. The maximum absolute atomic E-state index is 12.4. The van der Waals surface area contributed by atoms with Crippen LogP contribution >= 0.6 is 11.8 Å². The van der Waals surface area contributed by atoms with Crippen molar-refractivity contribution in [3.8, 4) is 0 Å². The van der Waals surface area contributed by atoms with Gasteiger partial charge in [0.15, 0.2) is 5.78 Å². The van der Waals surface area contributed by atoms with Gasteiger partial charge < -0.3 is 4.90 Å². The number of rotatable bonds is 3. The molecule has 0 bridgehead atoms. The summed E-state index contributed by atoms with van der Waals surface area (Å²) in [6.07, 6.45) is 17.2. The number of ketones is 1. The van der Waals surface area contributed by atoms with Gasteiger partial charge in [-0.15, -0.1) is 0 Å². The Bertz CT molecular complexity index is 704. The molecule has 1 aliphatic carbocycles. The predicted molar refractivity (Wildman–Crippen MR) is 117 cm³/mol. The fourth-order valence-electron chi connectivity index (χ4n) is 3.77. The van der Waals surface area contributed by atoms with Gasteiger partial charge in [-0.05, 0) is 37.8 Å². The number of benzene rings is 1. The number of hydrogen-bond donors (Lipinski definition) is 0. The zero-order chi connectivity index (χ0) is 19.1. The normalized spacial score (nSPS) is 22.7. The summed E-state index contributed by atoms with van der Waals surface area (Å²) in [6.45, 7) is 3.96. The maximum atomic E-state index is 12.4. The van der Waals surface area contributed by atoms with Gasteiger partial charge in [-0.2, -0.15) is 0 Å². The molecule has 2 nitrogen and oxygen atoms in total. The summed E-state index contributed by atoms with van der Waals surface area (Å²) in [7, 11) is 0. The topological polar surface area (TPSA) is 20.3 Å². The van der Waals surface area contributed by atoms with Crippen molar-refractivity contribution in [3.63, 3.8) is 0 Å². The Balaban J connectivity index is 1.90. The van der Waals surface area contributed by atoms with Crippen molar-refractivity contribution in [3.05, 3.63) is 47.1 Å². The first-order valence-electron chi connectivity index (χ1n) is 10.7. The van der Waals surface area contributed by atoms with Crippen LogP contribution in [0.4, 0.5) is 5.69 Å². The number of allylic oxidation sites excluding steroid dienone is 3. The quantitative estimate of drug-likeness (QED) is 0.505. The molecule has 0 amide bonds. The summed E-state index contributed by atoms with van der Waals surface area (Å²) < 4.78 is 0. The van der Waals surface area contributed by atoms with Crippen molar-refractivity contribution >= 4 is 23.2 Å². The van der Waals surface area contributed by atoms with Crippen LogP contribution in [0.2, 0.25) is 0 Å². The fourth-order valence-corrected chi connectivity index (χ4v) is 4.89. The molecule has 3 heteroatoms. The van der Waals surface area contributed by atoms with Crippen molar-refractivity contribution < 1.29 is 4.79 Å². The lowest BCUT2D eigenvalue weighted by atomic mass is 10.0. The number of nitrogens with zero attached hydrogens (tertiary/aromatic N) is 1. The lowest BCUT2D eigenvalue weighted by Crippen LogP contribution is -2.19. The van der Waals surface area contributed by atoms with E-state index in [0.717, 1.165) is 17.9 Å². The number of anilines is 1. The molecule has 0 unspecified atom stereocenters. The second kappa shape index (κ2) is 10.2. The van der Waals surface area contributed by atoms with Crippen LogP contribution in [0.3, 0.4) is 0 Å². The van der Waals surface area contributed by atoms with Crippen LogP contribution in [0, 0.1) is 5.92 Å². The second-order valence-electron chi connectivity index (χ2n) is 8.01. The maximum Gasteiger partial charge on any atom is 0.160 e. The van der Waals surface area contributed by atoms with E-state index in [4.69, 9.17) is 0 Å². The Morgan fingerprint density at radius 3 is 2.41 bits per heavy atom.